The number of aromatic amines is 1. The topological polar surface area (TPSA) is 71.8 Å². The minimum atomic E-state index is 0.284. The maximum Gasteiger partial charge on any atom is 0.264 e. The van der Waals surface area contributed by atoms with E-state index in [9.17, 15) is 4.79 Å². The third-order valence-corrected chi connectivity index (χ3v) is 7.03. The van der Waals surface area contributed by atoms with Gasteiger partial charge in [-0.1, -0.05) is 0 Å². The fourth-order valence-electron chi connectivity index (χ4n) is 2.67. The molecule has 2 fully saturated rings. The van der Waals surface area contributed by atoms with Crippen molar-refractivity contribution in [3.05, 3.63) is 22.7 Å². The van der Waals surface area contributed by atoms with Crippen LogP contribution in [0.4, 0.5) is 0 Å². The second-order valence-corrected chi connectivity index (χ2v) is 8.44. The predicted octanol–water partition coefficient (Wildman–Crippen LogP) is 3.93. The van der Waals surface area contributed by atoms with Gasteiger partial charge in [-0.15, -0.1) is 33.7 Å². The van der Waals surface area contributed by atoms with Gasteiger partial charge in [-0.2, -0.15) is 0 Å². The molecule has 7 heteroatoms. The molecule has 0 aromatic carbocycles. The highest BCUT2D eigenvalue weighted by atomic mass is 32.2. The van der Waals surface area contributed by atoms with E-state index in [4.69, 9.17) is 4.42 Å². The van der Waals surface area contributed by atoms with Crippen LogP contribution in [-0.2, 0) is 0 Å². The summed E-state index contributed by atoms with van der Waals surface area (Å²) in [6, 6.07) is 0. The molecule has 3 heterocycles. The van der Waals surface area contributed by atoms with E-state index in [1.54, 1.807) is 0 Å². The zero-order valence-corrected chi connectivity index (χ0v) is 13.9. The van der Waals surface area contributed by atoms with Gasteiger partial charge in [0.2, 0.25) is 5.89 Å². The van der Waals surface area contributed by atoms with Crippen molar-refractivity contribution < 1.29 is 9.21 Å². The van der Waals surface area contributed by atoms with Crippen molar-refractivity contribution in [2.75, 3.05) is 11.5 Å². The maximum absolute atomic E-state index is 11.6. The lowest BCUT2D eigenvalue weighted by molar-refractivity contribution is 0.112. The average Bonchev–Trinajstić information content (AvgIpc) is 3.19. The van der Waals surface area contributed by atoms with Gasteiger partial charge < -0.3 is 9.40 Å². The van der Waals surface area contributed by atoms with Crippen LogP contribution in [0.5, 0.6) is 0 Å². The molecule has 0 bridgehead atoms. The molecule has 2 aromatic heterocycles. The van der Waals surface area contributed by atoms with E-state index in [0.717, 1.165) is 59.0 Å². The van der Waals surface area contributed by atoms with Crippen molar-refractivity contribution >= 4 is 29.8 Å². The fourth-order valence-corrected chi connectivity index (χ4v) is 5.57. The highest BCUT2D eigenvalue weighted by Crippen LogP contribution is 2.46. The van der Waals surface area contributed by atoms with Gasteiger partial charge in [-0.05, 0) is 43.3 Å². The molecular formula is C15H17N3O2S2. The van der Waals surface area contributed by atoms with Crippen LogP contribution < -0.4 is 0 Å². The first-order valence-electron chi connectivity index (χ1n) is 7.52. The summed E-state index contributed by atoms with van der Waals surface area (Å²) in [5.41, 5.74) is 3.43. The second kappa shape index (κ2) is 5.77. The van der Waals surface area contributed by atoms with Crippen LogP contribution in [0.1, 0.15) is 57.3 Å². The normalized spacial score (nSPS) is 19.5. The van der Waals surface area contributed by atoms with Crippen LogP contribution in [0, 0.1) is 6.92 Å². The number of nitrogens with one attached hydrogen (secondary N) is 1. The number of rotatable bonds is 4. The molecule has 4 rings (SSSR count). The van der Waals surface area contributed by atoms with Gasteiger partial charge in [0.25, 0.3) is 5.89 Å². The minimum absolute atomic E-state index is 0.284. The smallest absolute Gasteiger partial charge is 0.264 e. The van der Waals surface area contributed by atoms with E-state index in [1.807, 2.05) is 30.4 Å². The molecule has 1 aliphatic heterocycles. The lowest BCUT2D eigenvalue weighted by Crippen LogP contribution is -2.02. The molecule has 0 amide bonds. The SMILES string of the molecule is Cc1c(-c2nnc(C3CC3)o2)[nH]c(C2SCCCS2)c1C=O. The van der Waals surface area contributed by atoms with E-state index in [1.165, 1.54) is 6.42 Å². The van der Waals surface area contributed by atoms with Crippen LogP contribution >= 0.6 is 23.5 Å². The van der Waals surface area contributed by atoms with Crippen molar-refractivity contribution in [1.82, 2.24) is 15.2 Å². The summed E-state index contributed by atoms with van der Waals surface area (Å²) in [5, 5.41) is 8.30. The monoisotopic (exact) mass is 335 g/mol. The first-order chi connectivity index (χ1) is 10.8. The highest BCUT2D eigenvalue weighted by molar-refractivity contribution is 8.16. The number of nitrogens with zero attached hydrogens (tertiary/aromatic N) is 2. The molecule has 1 saturated heterocycles. The first kappa shape index (κ1) is 14.4. The Labute approximate surface area is 137 Å². The lowest BCUT2D eigenvalue weighted by atomic mass is 10.1. The molecule has 0 spiro atoms. The zero-order chi connectivity index (χ0) is 15.1. The largest absolute Gasteiger partial charge is 0.419 e. The quantitative estimate of drug-likeness (QED) is 0.854. The zero-order valence-electron chi connectivity index (χ0n) is 12.3. The minimum Gasteiger partial charge on any atom is -0.419 e. The number of hydrogen-bond acceptors (Lipinski definition) is 6. The van der Waals surface area contributed by atoms with Crippen molar-refractivity contribution in [3.63, 3.8) is 0 Å². The molecule has 0 unspecified atom stereocenters. The van der Waals surface area contributed by atoms with E-state index in [-0.39, 0.29) is 4.58 Å². The van der Waals surface area contributed by atoms with Crippen molar-refractivity contribution in [2.24, 2.45) is 0 Å². The maximum atomic E-state index is 11.6. The van der Waals surface area contributed by atoms with Gasteiger partial charge in [0.15, 0.2) is 6.29 Å². The third kappa shape index (κ3) is 2.50. The van der Waals surface area contributed by atoms with Crippen LogP contribution in [0.15, 0.2) is 4.42 Å². The van der Waals surface area contributed by atoms with Gasteiger partial charge in [0, 0.05) is 17.2 Å². The van der Waals surface area contributed by atoms with E-state index >= 15 is 0 Å². The van der Waals surface area contributed by atoms with E-state index < -0.39 is 0 Å². The molecule has 1 aliphatic carbocycles. The van der Waals surface area contributed by atoms with Crippen molar-refractivity contribution in [2.45, 2.75) is 36.7 Å². The van der Waals surface area contributed by atoms with Crippen LogP contribution in [0.25, 0.3) is 11.6 Å². The van der Waals surface area contributed by atoms with Crippen LogP contribution in [0.2, 0.25) is 0 Å². The van der Waals surface area contributed by atoms with Gasteiger partial charge in [-0.3, -0.25) is 4.79 Å². The molecule has 0 radical (unpaired) electrons. The number of thioether (sulfide) groups is 2. The highest BCUT2D eigenvalue weighted by Gasteiger charge is 2.31. The summed E-state index contributed by atoms with van der Waals surface area (Å²) in [6.07, 6.45) is 4.43. The molecule has 1 N–H and O–H groups in total. The number of hydrogen-bond donors (Lipinski definition) is 1. The van der Waals surface area contributed by atoms with Gasteiger partial charge in [0.05, 0.1) is 4.58 Å². The second-order valence-electron chi connectivity index (χ2n) is 5.72. The van der Waals surface area contributed by atoms with E-state index in [0.29, 0.717) is 11.8 Å². The Morgan fingerprint density at radius 2 is 2.05 bits per heavy atom. The number of carbonyl (C=O) groups excluding carboxylic acids is 1. The standard InChI is InChI=1S/C15H17N3O2S2/c1-8-10(7-19)12(15-21-5-2-6-22-15)16-11(8)14-18-17-13(20-14)9-3-4-9/h7,9,15-16H,2-6H2,1H3. The summed E-state index contributed by atoms with van der Waals surface area (Å²) < 4.78 is 6.08. The molecule has 22 heavy (non-hydrogen) atoms. The number of aldehydes is 1. The van der Waals surface area contributed by atoms with Crippen LogP contribution in [0.3, 0.4) is 0 Å². The van der Waals surface area contributed by atoms with Gasteiger partial charge >= 0.3 is 0 Å². The first-order valence-corrected chi connectivity index (χ1v) is 9.62. The Kier molecular flexibility index (Phi) is 3.78. The Morgan fingerprint density at radius 3 is 2.73 bits per heavy atom. The predicted molar refractivity (Wildman–Crippen MR) is 88.5 cm³/mol. The Hall–Kier alpha value is -1.21. The third-order valence-electron chi connectivity index (χ3n) is 4.09. The summed E-state index contributed by atoms with van der Waals surface area (Å²) in [6.45, 7) is 1.94. The fraction of sp³-hybridized carbons (Fsp3) is 0.533. The number of H-pyrrole nitrogens is 1. The molecule has 2 aromatic rings. The lowest BCUT2D eigenvalue weighted by Gasteiger charge is -2.20. The van der Waals surface area contributed by atoms with Gasteiger partial charge in [-0.25, -0.2) is 0 Å². The van der Waals surface area contributed by atoms with Crippen molar-refractivity contribution in [1.29, 1.82) is 0 Å². The van der Waals surface area contributed by atoms with Gasteiger partial charge in [0.1, 0.15) is 5.69 Å². The summed E-state index contributed by atoms with van der Waals surface area (Å²) >= 11 is 3.78. The average molecular weight is 335 g/mol. The Bertz CT molecular complexity index is 700. The Morgan fingerprint density at radius 1 is 1.27 bits per heavy atom. The summed E-state index contributed by atoms with van der Waals surface area (Å²) in [4.78, 5) is 14.9. The Balaban J connectivity index is 1.72. The number of carbonyl (C=O) groups is 1. The molecule has 116 valence electrons. The molecular weight excluding hydrogens is 318 g/mol. The molecule has 0 atom stereocenters. The molecule has 2 aliphatic rings. The molecule has 5 nitrogen and oxygen atoms in total. The number of aromatic nitrogens is 3. The van der Waals surface area contributed by atoms with Crippen molar-refractivity contribution in [3.8, 4) is 11.6 Å². The van der Waals surface area contributed by atoms with E-state index in [2.05, 4.69) is 15.2 Å². The van der Waals surface area contributed by atoms with Crippen LogP contribution in [-0.4, -0.2) is 33.0 Å². The summed E-state index contributed by atoms with van der Waals surface area (Å²) in [5.74, 6) is 3.93. The molecule has 1 saturated carbocycles. The summed E-state index contributed by atoms with van der Waals surface area (Å²) in [7, 11) is 0.